The fourth-order valence-corrected chi connectivity index (χ4v) is 6.11. The van der Waals surface area contributed by atoms with E-state index in [1.165, 1.54) is 0 Å². The van der Waals surface area contributed by atoms with Crippen molar-refractivity contribution in [3.05, 3.63) is 65.7 Å². The van der Waals surface area contributed by atoms with E-state index < -0.39 is 41.5 Å². The summed E-state index contributed by atoms with van der Waals surface area (Å²) in [4.78, 5) is 56.5. The van der Waals surface area contributed by atoms with E-state index in [2.05, 4.69) is 10.2 Å². The molecular weight excluding hydrogens is 578 g/mol. The highest BCUT2D eigenvalue weighted by atomic mass is 16.6. The minimum atomic E-state index is -1.01. The van der Waals surface area contributed by atoms with E-state index in [0.29, 0.717) is 24.4 Å². The summed E-state index contributed by atoms with van der Waals surface area (Å²) < 4.78 is 22.7. The van der Waals surface area contributed by atoms with E-state index in [0.717, 1.165) is 31.5 Å². The number of piperazine rings is 1. The Hall–Kier alpha value is -3.96. The molecule has 5 rings (SSSR count). The average molecular weight is 622 g/mol. The molecule has 5 unspecified atom stereocenters. The van der Waals surface area contributed by atoms with Gasteiger partial charge in [0.1, 0.15) is 24.0 Å². The highest BCUT2D eigenvalue weighted by Gasteiger charge is 2.57. The molecule has 2 aromatic rings. The highest BCUT2D eigenvalue weighted by molar-refractivity contribution is 5.88. The second-order valence-corrected chi connectivity index (χ2v) is 13.0. The SMILES string of the molecule is CN1CCN(C(=O)C2C3CCC(O3)C2C(=O)Oc2ccc(CC(NC(=O)OC(C)(C)C)C(=O)OCc3ccccc3)cc2)CC1. The van der Waals surface area contributed by atoms with E-state index in [1.807, 2.05) is 42.3 Å². The normalized spacial score (nSPS) is 23.7. The Labute approximate surface area is 264 Å². The lowest BCUT2D eigenvalue weighted by Crippen LogP contribution is -2.52. The van der Waals surface area contributed by atoms with Crippen LogP contribution >= 0.6 is 0 Å². The van der Waals surface area contributed by atoms with Gasteiger partial charge in [-0.15, -0.1) is 0 Å². The third kappa shape index (κ3) is 8.40. The van der Waals surface area contributed by atoms with Crippen molar-refractivity contribution in [2.45, 2.75) is 70.5 Å². The molecule has 0 spiro atoms. The third-order valence-electron chi connectivity index (χ3n) is 8.43. The number of carbonyl (C=O) groups is 4. The summed E-state index contributed by atoms with van der Waals surface area (Å²) in [5.74, 6) is -1.99. The number of rotatable bonds is 9. The molecule has 0 aliphatic carbocycles. The lowest BCUT2D eigenvalue weighted by Gasteiger charge is -2.36. The van der Waals surface area contributed by atoms with Crippen molar-refractivity contribution < 1.29 is 38.1 Å². The van der Waals surface area contributed by atoms with Gasteiger partial charge in [0.25, 0.3) is 0 Å². The number of hydrogen-bond donors (Lipinski definition) is 1. The maximum atomic E-state index is 13.5. The van der Waals surface area contributed by atoms with E-state index in [-0.39, 0.29) is 31.1 Å². The molecule has 0 aromatic heterocycles. The van der Waals surface area contributed by atoms with Crippen molar-refractivity contribution in [2.24, 2.45) is 11.8 Å². The number of alkyl carbamates (subject to hydrolysis) is 1. The molecule has 3 aliphatic heterocycles. The van der Waals surface area contributed by atoms with Gasteiger partial charge in [-0.3, -0.25) is 9.59 Å². The van der Waals surface area contributed by atoms with Crippen LogP contribution < -0.4 is 10.1 Å². The van der Waals surface area contributed by atoms with Gasteiger partial charge in [-0.05, 0) is 63.9 Å². The standard InChI is InChI=1S/C34H43N3O8/c1-34(2,3)45-33(41)35-25(31(39)42-21-23-8-6-5-7-9-23)20-22-10-12-24(13-11-22)43-32(40)29-27-15-14-26(44-27)28(29)30(38)37-18-16-36(4)17-19-37/h5-13,25-29H,14-21H2,1-4H3,(H,35,41). The Morgan fingerprint density at radius 3 is 2.18 bits per heavy atom. The molecule has 45 heavy (non-hydrogen) atoms. The van der Waals surface area contributed by atoms with Gasteiger partial charge in [-0.25, -0.2) is 9.59 Å². The van der Waals surface area contributed by atoms with Crippen molar-refractivity contribution in [3.8, 4) is 5.75 Å². The molecule has 2 aromatic carbocycles. The highest BCUT2D eigenvalue weighted by Crippen LogP contribution is 2.45. The molecule has 2 bridgehead atoms. The van der Waals surface area contributed by atoms with E-state index in [9.17, 15) is 19.2 Å². The topological polar surface area (TPSA) is 124 Å². The Morgan fingerprint density at radius 1 is 0.889 bits per heavy atom. The fourth-order valence-electron chi connectivity index (χ4n) is 6.11. The summed E-state index contributed by atoms with van der Waals surface area (Å²) in [5.41, 5.74) is 0.784. The van der Waals surface area contributed by atoms with E-state index >= 15 is 0 Å². The van der Waals surface area contributed by atoms with Gasteiger partial charge in [0, 0.05) is 32.6 Å². The maximum absolute atomic E-state index is 13.5. The van der Waals surface area contributed by atoms with E-state index in [1.54, 1.807) is 45.0 Å². The molecule has 11 nitrogen and oxygen atoms in total. The number of amides is 2. The lowest BCUT2D eigenvalue weighted by atomic mass is 9.78. The van der Waals surface area contributed by atoms with Crippen LogP contribution in [0.3, 0.4) is 0 Å². The summed E-state index contributed by atoms with van der Waals surface area (Å²) in [5, 5.41) is 2.63. The predicted octanol–water partition coefficient (Wildman–Crippen LogP) is 3.34. The molecule has 3 fully saturated rings. The number of benzene rings is 2. The second-order valence-electron chi connectivity index (χ2n) is 13.0. The van der Waals surface area contributed by atoms with Crippen molar-refractivity contribution in [1.82, 2.24) is 15.1 Å². The summed E-state index contributed by atoms with van der Waals surface area (Å²) in [6.07, 6.45) is 0.288. The first-order valence-electron chi connectivity index (χ1n) is 15.6. The largest absolute Gasteiger partial charge is 0.459 e. The zero-order valence-corrected chi connectivity index (χ0v) is 26.4. The Morgan fingerprint density at radius 2 is 1.53 bits per heavy atom. The number of carbonyl (C=O) groups excluding carboxylic acids is 4. The molecule has 242 valence electrons. The summed E-state index contributed by atoms with van der Waals surface area (Å²) >= 11 is 0. The zero-order chi connectivity index (χ0) is 32.1. The van der Waals surface area contributed by atoms with Crippen molar-refractivity contribution in [2.75, 3.05) is 33.2 Å². The fraction of sp³-hybridized carbons (Fsp3) is 0.529. The number of hydrogen-bond acceptors (Lipinski definition) is 9. The van der Waals surface area contributed by atoms with Gasteiger partial charge in [0.15, 0.2) is 0 Å². The molecule has 3 aliphatic rings. The summed E-state index contributed by atoms with van der Waals surface area (Å²) in [7, 11) is 2.03. The Kier molecular flexibility index (Phi) is 10.1. The van der Waals surface area contributed by atoms with Crippen molar-refractivity contribution >= 4 is 23.9 Å². The van der Waals surface area contributed by atoms with Crippen LogP contribution in [0.5, 0.6) is 5.75 Å². The molecule has 2 amide bonds. The van der Waals surface area contributed by atoms with E-state index in [4.69, 9.17) is 18.9 Å². The third-order valence-corrected chi connectivity index (χ3v) is 8.43. The maximum Gasteiger partial charge on any atom is 0.408 e. The molecular formula is C34H43N3O8. The monoisotopic (exact) mass is 621 g/mol. The minimum Gasteiger partial charge on any atom is -0.459 e. The first-order valence-corrected chi connectivity index (χ1v) is 15.6. The number of likely N-dealkylation sites (N-methyl/N-ethyl adjacent to an activating group) is 1. The van der Waals surface area contributed by atoms with Gasteiger partial charge < -0.3 is 34.1 Å². The molecule has 11 heteroatoms. The Balaban J connectivity index is 1.22. The van der Waals surface area contributed by atoms with Crippen LogP contribution in [0.1, 0.15) is 44.7 Å². The van der Waals surface area contributed by atoms with Gasteiger partial charge in [-0.2, -0.15) is 0 Å². The van der Waals surface area contributed by atoms with Gasteiger partial charge in [0.2, 0.25) is 5.91 Å². The number of nitrogens with zero attached hydrogens (tertiary/aromatic N) is 2. The number of esters is 2. The molecule has 0 radical (unpaired) electrons. The van der Waals surface area contributed by atoms with Crippen LogP contribution in [0, 0.1) is 11.8 Å². The summed E-state index contributed by atoms with van der Waals surface area (Å²) in [6, 6.07) is 15.0. The number of nitrogens with one attached hydrogen (secondary N) is 1. The van der Waals surface area contributed by atoms with Crippen LogP contribution in [0.25, 0.3) is 0 Å². The second kappa shape index (κ2) is 14.0. The molecule has 3 saturated heterocycles. The number of fused-ring (bicyclic) bond motifs is 2. The smallest absolute Gasteiger partial charge is 0.408 e. The van der Waals surface area contributed by atoms with Gasteiger partial charge >= 0.3 is 18.0 Å². The molecule has 0 saturated carbocycles. The molecule has 5 atom stereocenters. The first kappa shape index (κ1) is 32.4. The zero-order valence-electron chi connectivity index (χ0n) is 26.4. The predicted molar refractivity (Wildman–Crippen MR) is 164 cm³/mol. The van der Waals surface area contributed by atoms with Crippen LogP contribution in [0.2, 0.25) is 0 Å². The van der Waals surface area contributed by atoms with Crippen LogP contribution in [0.4, 0.5) is 4.79 Å². The number of ether oxygens (including phenoxy) is 4. The van der Waals surface area contributed by atoms with Gasteiger partial charge in [-0.1, -0.05) is 42.5 Å². The van der Waals surface area contributed by atoms with Crippen molar-refractivity contribution in [1.29, 1.82) is 0 Å². The van der Waals surface area contributed by atoms with Crippen LogP contribution in [-0.2, 0) is 41.6 Å². The average Bonchev–Trinajstić information content (AvgIpc) is 3.62. The molecule has 3 heterocycles. The summed E-state index contributed by atoms with van der Waals surface area (Å²) in [6.45, 7) is 8.15. The van der Waals surface area contributed by atoms with Crippen LogP contribution in [-0.4, -0.2) is 90.8 Å². The lowest BCUT2D eigenvalue weighted by molar-refractivity contribution is -0.149. The minimum absolute atomic E-state index is 0.0322. The molecule has 1 N–H and O–H groups in total. The quantitative estimate of drug-likeness (QED) is 0.332. The van der Waals surface area contributed by atoms with Gasteiger partial charge in [0.05, 0.1) is 24.0 Å². The Bertz CT molecular complexity index is 1350. The van der Waals surface area contributed by atoms with Crippen molar-refractivity contribution in [3.63, 3.8) is 0 Å². The van der Waals surface area contributed by atoms with Crippen LogP contribution in [0.15, 0.2) is 54.6 Å². The first-order chi connectivity index (χ1) is 21.5.